The molecule has 1 heterocycles. The molecule has 1 aliphatic rings. The van der Waals surface area contributed by atoms with Crippen molar-refractivity contribution in [3.8, 4) is 0 Å². The smallest absolute Gasteiger partial charge is 0.294 e. The maximum Gasteiger partial charge on any atom is 0.294 e. The molecule has 1 saturated carbocycles. The molecule has 0 saturated heterocycles. The van der Waals surface area contributed by atoms with Crippen LogP contribution in [0.25, 0.3) is 11.0 Å². The van der Waals surface area contributed by atoms with Crippen LogP contribution < -0.4 is 10.3 Å². The quantitative estimate of drug-likeness (QED) is 0.685. The van der Waals surface area contributed by atoms with Gasteiger partial charge in [0.05, 0.1) is 5.39 Å². The van der Waals surface area contributed by atoms with Crippen LogP contribution in [0.4, 0.5) is 5.69 Å². The Bertz CT molecular complexity index is 971. The van der Waals surface area contributed by atoms with Gasteiger partial charge in [-0.25, -0.2) is 0 Å². The third-order valence-corrected chi connectivity index (χ3v) is 5.04. The van der Waals surface area contributed by atoms with Crippen molar-refractivity contribution in [2.75, 3.05) is 4.90 Å². The van der Waals surface area contributed by atoms with Crippen molar-refractivity contribution in [2.45, 2.75) is 38.1 Å². The molecule has 0 atom stereocenters. The molecular weight excluding hydrogens is 326 g/mol. The summed E-state index contributed by atoms with van der Waals surface area (Å²) in [5, 5.41) is 0.493. The van der Waals surface area contributed by atoms with Crippen molar-refractivity contribution < 1.29 is 9.21 Å². The van der Waals surface area contributed by atoms with Gasteiger partial charge < -0.3 is 9.32 Å². The van der Waals surface area contributed by atoms with Crippen LogP contribution in [0.5, 0.6) is 0 Å². The molecular formula is C22H21NO3. The van der Waals surface area contributed by atoms with Gasteiger partial charge in [-0.3, -0.25) is 9.59 Å². The van der Waals surface area contributed by atoms with Gasteiger partial charge in [-0.2, -0.15) is 0 Å². The normalized spacial score (nSPS) is 15.1. The van der Waals surface area contributed by atoms with Crippen molar-refractivity contribution in [1.82, 2.24) is 0 Å². The summed E-state index contributed by atoms with van der Waals surface area (Å²) in [6.45, 7) is 0. The topological polar surface area (TPSA) is 50.5 Å². The molecule has 1 fully saturated rings. The number of benzene rings is 2. The van der Waals surface area contributed by atoms with Gasteiger partial charge >= 0.3 is 0 Å². The molecule has 0 unspecified atom stereocenters. The molecule has 4 heteroatoms. The summed E-state index contributed by atoms with van der Waals surface area (Å²) < 4.78 is 5.81. The highest BCUT2D eigenvalue weighted by molar-refractivity contribution is 6.05. The highest BCUT2D eigenvalue weighted by atomic mass is 16.3. The van der Waals surface area contributed by atoms with E-state index in [2.05, 4.69) is 0 Å². The first kappa shape index (κ1) is 16.6. The second kappa shape index (κ2) is 7.16. The maximum absolute atomic E-state index is 13.3. The fraction of sp³-hybridized carbons (Fsp3) is 0.273. The number of nitrogens with zero attached hydrogens (tertiary/aromatic N) is 1. The van der Waals surface area contributed by atoms with Gasteiger partial charge in [0.25, 0.3) is 5.91 Å². The molecule has 132 valence electrons. The Hall–Kier alpha value is -2.88. The van der Waals surface area contributed by atoms with Crippen molar-refractivity contribution in [3.63, 3.8) is 0 Å². The van der Waals surface area contributed by atoms with Crippen LogP contribution in [0.15, 0.2) is 69.9 Å². The standard InChI is InChI=1S/C22H21NO3/c24-19-15-21(26-20-14-8-7-13-18(19)20)22(25)23(16-9-3-1-4-10-16)17-11-5-2-6-12-17/h1,3-4,7-10,13-15,17H,2,5-6,11-12H2. The molecule has 0 radical (unpaired) electrons. The van der Waals surface area contributed by atoms with E-state index in [0.717, 1.165) is 31.4 Å². The molecule has 0 spiro atoms. The average molecular weight is 347 g/mol. The zero-order valence-corrected chi connectivity index (χ0v) is 14.6. The molecule has 4 nitrogen and oxygen atoms in total. The number of amides is 1. The average Bonchev–Trinajstić information content (AvgIpc) is 2.70. The second-order valence-electron chi connectivity index (χ2n) is 6.77. The highest BCUT2D eigenvalue weighted by Gasteiger charge is 2.29. The van der Waals surface area contributed by atoms with Crippen molar-refractivity contribution in [1.29, 1.82) is 0 Å². The summed E-state index contributed by atoms with van der Waals surface area (Å²) in [5.41, 5.74) is 1.10. The van der Waals surface area contributed by atoms with Crippen molar-refractivity contribution in [3.05, 3.63) is 76.6 Å². The van der Waals surface area contributed by atoms with E-state index in [0.29, 0.717) is 11.0 Å². The Balaban J connectivity index is 1.78. The van der Waals surface area contributed by atoms with Gasteiger partial charge in [0.15, 0.2) is 11.2 Å². The zero-order chi connectivity index (χ0) is 17.9. The maximum atomic E-state index is 13.3. The van der Waals surface area contributed by atoms with Gasteiger partial charge in [0, 0.05) is 17.8 Å². The van der Waals surface area contributed by atoms with E-state index in [-0.39, 0.29) is 23.1 Å². The van der Waals surface area contributed by atoms with Gasteiger partial charge in [-0.1, -0.05) is 49.6 Å². The lowest BCUT2D eigenvalue weighted by Gasteiger charge is -2.34. The van der Waals surface area contributed by atoms with Crippen molar-refractivity contribution in [2.24, 2.45) is 0 Å². The summed E-state index contributed by atoms with van der Waals surface area (Å²) in [5.74, 6) is -0.144. The van der Waals surface area contributed by atoms with E-state index in [1.807, 2.05) is 35.2 Å². The molecule has 1 aliphatic carbocycles. The molecule has 0 bridgehead atoms. The monoisotopic (exact) mass is 347 g/mol. The summed E-state index contributed by atoms with van der Waals surface area (Å²) in [7, 11) is 0. The van der Waals surface area contributed by atoms with Crippen LogP contribution in [-0.4, -0.2) is 11.9 Å². The van der Waals surface area contributed by atoms with Crippen LogP contribution in [0, 0.1) is 0 Å². The van der Waals surface area contributed by atoms with E-state index in [9.17, 15) is 9.59 Å². The summed E-state index contributed by atoms with van der Waals surface area (Å²) >= 11 is 0. The lowest BCUT2D eigenvalue weighted by Crippen LogP contribution is -2.42. The zero-order valence-electron chi connectivity index (χ0n) is 14.6. The van der Waals surface area contributed by atoms with E-state index >= 15 is 0 Å². The predicted octanol–water partition coefficient (Wildman–Crippen LogP) is 4.77. The van der Waals surface area contributed by atoms with E-state index in [1.54, 1.807) is 24.3 Å². The van der Waals surface area contributed by atoms with Crippen LogP contribution in [0.2, 0.25) is 0 Å². The molecule has 0 N–H and O–H groups in total. The SMILES string of the molecule is O=C(c1cc(=O)c2ccccc2o1)N(c1ccccc1)C1CCCCC1. The minimum atomic E-state index is -0.244. The number of anilines is 1. The van der Waals surface area contributed by atoms with Crippen molar-refractivity contribution >= 4 is 22.6 Å². The van der Waals surface area contributed by atoms with Gasteiger partial charge in [-0.15, -0.1) is 0 Å². The van der Waals surface area contributed by atoms with Crippen LogP contribution in [0.1, 0.15) is 42.7 Å². The van der Waals surface area contributed by atoms with E-state index in [4.69, 9.17) is 4.42 Å². The van der Waals surface area contributed by atoms with E-state index in [1.165, 1.54) is 12.5 Å². The largest absolute Gasteiger partial charge is 0.451 e. The molecule has 1 aromatic heterocycles. The summed E-state index contributed by atoms with van der Waals surface area (Å²) in [6, 6.07) is 18.1. The van der Waals surface area contributed by atoms with Crippen LogP contribution in [0.3, 0.4) is 0 Å². The molecule has 26 heavy (non-hydrogen) atoms. The van der Waals surface area contributed by atoms with Crippen LogP contribution in [-0.2, 0) is 0 Å². The number of hydrogen-bond acceptors (Lipinski definition) is 3. The molecule has 3 aromatic rings. The summed E-state index contributed by atoms with van der Waals surface area (Å²) in [4.78, 5) is 27.6. The molecule has 4 rings (SSSR count). The minimum Gasteiger partial charge on any atom is -0.451 e. The Morgan fingerprint density at radius 3 is 2.38 bits per heavy atom. The number of para-hydroxylation sites is 2. The van der Waals surface area contributed by atoms with Gasteiger partial charge in [0.1, 0.15) is 5.58 Å². The summed E-state index contributed by atoms with van der Waals surface area (Å²) in [6.07, 6.45) is 5.38. The third-order valence-electron chi connectivity index (χ3n) is 5.04. The second-order valence-corrected chi connectivity index (χ2v) is 6.77. The van der Waals surface area contributed by atoms with Gasteiger partial charge in [0.2, 0.25) is 0 Å². The number of hydrogen-bond donors (Lipinski definition) is 0. The first-order chi connectivity index (χ1) is 12.7. The number of carbonyl (C=O) groups is 1. The molecule has 2 aromatic carbocycles. The predicted molar refractivity (Wildman–Crippen MR) is 103 cm³/mol. The Kier molecular flexibility index (Phi) is 4.57. The highest BCUT2D eigenvalue weighted by Crippen LogP contribution is 2.29. The fourth-order valence-corrected chi connectivity index (χ4v) is 3.75. The first-order valence-electron chi connectivity index (χ1n) is 9.15. The molecule has 0 aliphatic heterocycles. The first-order valence-corrected chi connectivity index (χ1v) is 9.15. The third kappa shape index (κ3) is 3.15. The fourth-order valence-electron chi connectivity index (χ4n) is 3.75. The Morgan fingerprint density at radius 1 is 0.923 bits per heavy atom. The number of rotatable bonds is 3. The van der Waals surface area contributed by atoms with Crippen LogP contribution >= 0.6 is 0 Å². The number of fused-ring (bicyclic) bond motifs is 1. The van der Waals surface area contributed by atoms with E-state index < -0.39 is 0 Å². The Morgan fingerprint density at radius 2 is 1.62 bits per heavy atom. The van der Waals surface area contributed by atoms with Gasteiger partial charge in [-0.05, 0) is 37.1 Å². The minimum absolute atomic E-state index is 0.100. The molecule has 1 amide bonds. The Labute approximate surface area is 152 Å². The lowest BCUT2D eigenvalue weighted by molar-refractivity contribution is 0.0944. The number of carbonyl (C=O) groups excluding carboxylic acids is 1. The lowest BCUT2D eigenvalue weighted by atomic mass is 9.93.